The lowest BCUT2D eigenvalue weighted by Gasteiger charge is -2.23. The van der Waals surface area contributed by atoms with Crippen LogP contribution in [0.3, 0.4) is 0 Å². The van der Waals surface area contributed by atoms with E-state index in [0.29, 0.717) is 21.9 Å². The molecule has 1 amide bonds. The molecule has 0 aliphatic rings. The Morgan fingerprint density at radius 3 is 2.64 bits per heavy atom. The Bertz CT molecular complexity index is 1470. The highest BCUT2D eigenvalue weighted by molar-refractivity contribution is 7.91. The van der Waals surface area contributed by atoms with Crippen LogP contribution in [0.15, 0.2) is 48.8 Å². The van der Waals surface area contributed by atoms with Crippen LogP contribution in [-0.2, 0) is 21.6 Å². The van der Waals surface area contributed by atoms with Crippen molar-refractivity contribution < 1.29 is 17.9 Å². The lowest BCUT2D eigenvalue weighted by molar-refractivity contribution is 0.103. The van der Waals surface area contributed by atoms with E-state index in [1.54, 1.807) is 50.0 Å². The van der Waals surface area contributed by atoms with Crippen LogP contribution in [0, 0.1) is 0 Å². The van der Waals surface area contributed by atoms with Gasteiger partial charge in [0.05, 0.1) is 22.0 Å². The normalized spacial score (nSPS) is 12.2. The van der Waals surface area contributed by atoms with Crippen LogP contribution in [0.25, 0.3) is 10.1 Å². The summed E-state index contributed by atoms with van der Waals surface area (Å²) in [5, 5.41) is 7.80. The van der Waals surface area contributed by atoms with Gasteiger partial charge in [0.2, 0.25) is 5.88 Å². The van der Waals surface area contributed by atoms with Crippen molar-refractivity contribution in [2.75, 3.05) is 11.6 Å². The predicted molar refractivity (Wildman–Crippen MR) is 130 cm³/mol. The average molecular weight is 505 g/mol. The van der Waals surface area contributed by atoms with E-state index in [2.05, 4.69) is 15.4 Å². The molecule has 0 atom stereocenters. The summed E-state index contributed by atoms with van der Waals surface area (Å²) in [7, 11) is -1.55. The van der Waals surface area contributed by atoms with Crippen LogP contribution in [0.1, 0.15) is 29.1 Å². The van der Waals surface area contributed by atoms with E-state index in [0.717, 1.165) is 10.1 Å². The molecular formula is C22H21ClN4O4S2. The van der Waals surface area contributed by atoms with Crippen molar-refractivity contribution in [2.45, 2.75) is 18.6 Å². The van der Waals surface area contributed by atoms with Gasteiger partial charge in [0.15, 0.2) is 15.6 Å². The molecule has 11 heteroatoms. The van der Waals surface area contributed by atoms with Gasteiger partial charge >= 0.3 is 0 Å². The van der Waals surface area contributed by atoms with Crippen LogP contribution in [-0.4, -0.2) is 35.3 Å². The third-order valence-corrected chi connectivity index (χ3v) is 8.69. The average Bonchev–Trinajstić information content (AvgIpc) is 3.31. The van der Waals surface area contributed by atoms with E-state index in [4.69, 9.17) is 16.3 Å². The summed E-state index contributed by atoms with van der Waals surface area (Å²) < 4.78 is 31.5. The molecule has 0 bridgehead atoms. The first-order valence-corrected chi connectivity index (χ1v) is 12.9. The number of aryl methyl sites for hydroxylation is 1. The lowest BCUT2D eigenvalue weighted by atomic mass is 10.0. The lowest BCUT2D eigenvalue weighted by Crippen LogP contribution is -2.27. The number of pyridine rings is 1. The number of fused-ring (bicyclic) bond motifs is 1. The highest BCUT2D eigenvalue weighted by Crippen LogP contribution is 2.34. The standard InChI is InChI=1S/C22H21ClN4O4S2/c1-22(2,33(4,29)30)14-5-6-17-13(7-14)8-18(32-17)21(28)25-15-9-19(23)26-20(10-15)31-16-11-24-27(3)12-16/h5-12H,1-4H3,(H,25,26,28). The number of hydrogen-bond acceptors (Lipinski definition) is 7. The first-order chi connectivity index (χ1) is 15.4. The van der Waals surface area contributed by atoms with Crippen molar-refractivity contribution in [3.8, 4) is 11.6 Å². The van der Waals surface area contributed by atoms with Gasteiger partial charge in [-0.25, -0.2) is 13.4 Å². The molecule has 0 spiro atoms. The number of sulfone groups is 1. The number of thiophene rings is 1. The number of amides is 1. The number of hydrogen-bond donors (Lipinski definition) is 1. The molecule has 1 aromatic carbocycles. The minimum absolute atomic E-state index is 0.163. The fraction of sp³-hybridized carbons (Fsp3) is 0.227. The first-order valence-electron chi connectivity index (χ1n) is 9.81. The second kappa shape index (κ2) is 8.44. The second-order valence-corrected chi connectivity index (χ2v) is 12.1. The van der Waals surface area contributed by atoms with Crippen LogP contribution in [0.5, 0.6) is 11.6 Å². The highest BCUT2D eigenvalue weighted by Gasteiger charge is 2.32. The molecule has 0 aliphatic carbocycles. The number of carbonyl (C=O) groups is 1. The van der Waals surface area contributed by atoms with Gasteiger partial charge in [-0.15, -0.1) is 11.3 Å². The van der Waals surface area contributed by atoms with Crippen molar-refractivity contribution in [1.29, 1.82) is 0 Å². The molecule has 8 nitrogen and oxygen atoms in total. The Morgan fingerprint density at radius 2 is 1.97 bits per heavy atom. The molecule has 0 saturated carbocycles. The van der Waals surface area contributed by atoms with Gasteiger partial charge < -0.3 is 10.1 Å². The molecule has 0 radical (unpaired) electrons. The number of halogens is 1. The van der Waals surface area contributed by atoms with Crippen molar-refractivity contribution in [3.05, 3.63) is 64.4 Å². The zero-order valence-electron chi connectivity index (χ0n) is 18.3. The summed E-state index contributed by atoms with van der Waals surface area (Å²) in [6.07, 6.45) is 4.44. The van der Waals surface area contributed by atoms with E-state index >= 15 is 0 Å². The molecular weight excluding hydrogens is 484 g/mol. The molecule has 3 aromatic heterocycles. The SMILES string of the molecule is Cn1cc(Oc2cc(NC(=O)c3cc4cc(C(C)(C)S(C)(=O)=O)ccc4s3)cc(Cl)n2)cn1. The number of rotatable bonds is 6. The Labute approximate surface area is 200 Å². The van der Waals surface area contributed by atoms with Gasteiger partial charge in [0.1, 0.15) is 5.15 Å². The molecule has 3 heterocycles. The minimum Gasteiger partial charge on any atom is -0.436 e. The smallest absolute Gasteiger partial charge is 0.265 e. The third kappa shape index (κ3) is 4.87. The van der Waals surface area contributed by atoms with Gasteiger partial charge in [-0.3, -0.25) is 9.48 Å². The van der Waals surface area contributed by atoms with Gasteiger partial charge in [-0.05, 0) is 49.1 Å². The molecule has 1 N–H and O–H groups in total. The van der Waals surface area contributed by atoms with E-state index in [1.165, 1.54) is 29.9 Å². The zero-order chi connectivity index (χ0) is 24.0. The second-order valence-electron chi connectivity index (χ2n) is 8.07. The van der Waals surface area contributed by atoms with Crippen LogP contribution >= 0.6 is 22.9 Å². The van der Waals surface area contributed by atoms with Gasteiger partial charge in [0.25, 0.3) is 5.91 Å². The fourth-order valence-electron chi connectivity index (χ4n) is 3.11. The van der Waals surface area contributed by atoms with Crippen molar-refractivity contribution in [2.24, 2.45) is 7.05 Å². The zero-order valence-corrected chi connectivity index (χ0v) is 20.7. The summed E-state index contributed by atoms with van der Waals surface area (Å²) in [6.45, 7) is 3.34. The molecule has 0 fully saturated rings. The minimum atomic E-state index is -3.32. The van der Waals surface area contributed by atoms with E-state index in [-0.39, 0.29) is 16.9 Å². The Morgan fingerprint density at radius 1 is 1.21 bits per heavy atom. The topological polar surface area (TPSA) is 103 Å². The number of aromatic nitrogens is 3. The van der Waals surface area contributed by atoms with E-state index in [1.807, 2.05) is 12.1 Å². The first kappa shape index (κ1) is 23.2. The van der Waals surface area contributed by atoms with Crippen molar-refractivity contribution in [3.63, 3.8) is 0 Å². The molecule has 4 rings (SSSR count). The van der Waals surface area contributed by atoms with Crippen LogP contribution in [0.4, 0.5) is 5.69 Å². The number of carbonyl (C=O) groups excluding carboxylic acids is 1. The van der Waals surface area contributed by atoms with E-state index < -0.39 is 14.6 Å². The number of nitrogens with zero attached hydrogens (tertiary/aromatic N) is 3. The number of ether oxygens (including phenoxy) is 1. The molecule has 0 saturated heterocycles. The molecule has 172 valence electrons. The molecule has 0 unspecified atom stereocenters. The number of benzene rings is 1. The van der Waals surface area contributed by atoms with Crippen molar-refractivity contribution >= 4 is 54.5 Å². The monoisotopic (exact) mass is 504 g/mol. The van der Waals surface area contributed by atoms with E-state index in [9.17, 15) is 13.2 Å². The van der Waals surface area contributed by atoms with Crippen molar-refractivity contribution in [1.82, 2.24) is 14.8 Å². The number of anilines is 1. The highest BCUT2D eigenvalue weighted by atomic mass is 35.5. The van der Waals surface area contributed by atoms with Gasteiger partial charge in [-0.1, -0.05) is 17.7 Å². The summed E-state index contributed by atoms with van der Waals surface area (Å²) in [6, 6.07) is 10.3. The molecule has 0 aliphatic heterocycles. The fourth-order valence-corrected chi connectivity index (χ4v) is 4.80. The quantitative estimate of drug-likeness (QED) is 0.370. The van der Waals surface area contributed by atoms with Gasteiger partial charge in [-0.2, -0.15) is 5.10 Å². The Balaban J connectivity index is 1.58. The maximum absolute atomic E-state index is 12.9. The summed E-state index contributed by atoms with van der Waals surface area (Å²) >= 11 is 7.42. The molecule has 33 heavy (non-hydrogen) atoms. The number of nitrogens with one attached hydrogen (secondary N) is 1. The van der Waals surface area contributed by atoms with Crippen LogP contribution < -0.4 is 10.1 Å². The largest absolute Gasteiger partial charge is 0.436 e. The molecule has 4 aromatic rings. The summed E-state index contributed by atoms with van der Waals surface area (Å²) in [5.74, 6) is 0.381. The summed E-state index contributed by atoms with van der Waals surface area (Å²) in [5.41, 5.74) is 1.09. The predicted octanol–water partition coefficient (Wildman–Crippen LogP) is 5.01. The Kier molecular flexibility index (Phi) is 5.94. The van der Waals surface area contributed by atoms with Crippen LogP contribution in [0.2, 0.25) is 5.15 Å². The summed E-state index contributed by atoms with van der Waals surface area (Å²) in [4.78, 5) is 17.5. The Hall–Kier alpha value is -2.95. The maximum atomic E-state index is 12.9. The maximum Gasteiger partial charge on any atom is 0.265 e. The van der Waals surface area contributed by atoms with Gasteiger partial charge in [0, 0.05) is 29.8 Å². The third-order valence-electron chi connectivity index (χ3n) is 5.29.